The Bertz CT molecular complexity index is 1240. The third kappa shape index (κ3) is 5.52. The first-order chi connectivity index (χ1) is 17.4. The van der Waals surface area contributed by atoms with Crippen LogP contribution in [0.2, 0.25) is 5.02 Å². The second kappa shape index (κ2) is 11.3. The summed E-state index contributed by atoms with van der Waals surface area (Å²) < 4.78 is 7.05. The molecule has 0 unspecified atom stereocenters. The maximum Gasteiger partial charge on any atom is 0.304 e. The molecule has 1 saturated heterocycles. The average Bonchev–Trinajstić information content (AvgIpc) is 3.20. The molecule has 0 radical (unpaired) electrons. The third-order valence-electron chi connectivity index (χ3n) is 6.30. The van der Waals surface area contributed by atoms with Gasteiger partial charge in [0.25, 0.3) is 5.91 Å². The van der Waals surface area contributed by atoms with Gasteiger partial charge in [-0.1, -0.05) is 11.6 Å². The van der Waals surface area contributed by atoms with Crippen LogP contribution in [-0.4, -0.2) is 49.0 Å². The number of amides is 2. The number of methoxy groups -OCH3 is 1. The minimum atomic E-state index is -0.812. The van der Waals surface area contributed by atoms with E-state index >= 15 is 0 Å². The smallest absolute Gasteiger partial charge is 0.304 e. The van der Waals surface area contributed by atoms with E-state index in [2.05, 4.69) is 41.6 Å². The highest BCUT2D eigenvalue weighted by molar-refractivity contribution is 6.30. The van der Waals surface area contributed by atoms with Gasteiger partial charge >= 0.3 is 5.91 Å². The first kappa shape index (κ1) is 25.3. The number of hydrazine groups is 1. The monoisotopic (exact) mass is 505 g/mol. The van der Waals surface area contributed by atoms with Crippen LogP contribution in [0.1, 0.15) is 41.4 Å². The molecule has 2 amide bonds. The van der Waals surface area contributed by atoms with Crippen molar-refractivity contribution in [3.05, 3.63) is 94.5 Å². The zero-order valence-corrected chi connectivity index (χ0v) is 21.3. The fourth-order valence-electron chi connectivity index (χ4n) is 4.33. The Morgan fingerprint density at radius 2 is 1.67 bits per heavy atom. The van der Waals surface area contributed by atoms with Crippen LogP contribution < -0.4 is 20.4 Å². The van der Waals surface area contributed by atoms with E-state index in [9.17, 15) is 9.59 Å². The Morgan fingerprint density at radius 3 is 2.25 bits per heavy atom. The highest BCUT2D eigenvalue weighted by Gasteiger charge is 2.47. The van der Waals surface area contributed by atoms with E-state index in [1.807, 2.05) is 42.6 Å². The fraction of sp³-hybridized carbons (Fsp3) is 0.250. The number of nitrogens with zero attached hydrogens (tertiary/aromatic N) is 2. The number of halogens is 1. The molecule has 3 aromatic rings. The molecule has 0 aliphatic carbocycles. The molecule has 1 aliphatic heterocycles. The predicted octanol–water partition coefficient (Wildman–Crippen LogP) is 4.21. The van der Waals surface area contributed by atoms with Gasteiger partial charge in [0.2, 0.25) is 12.3 Å². The number of nitrogens with one attached hydrogen (secondary N) is 2. The van der Waals surface area contributed by atoms with Gasteiger partial charge in [-0.25, -0.2) is 0 Å². The number of hydrogen-bond donors (Lipinski definition) is 2. The Kier molecular flexibility index (Phi) is 7.90. The quantitative estimate of drug-likeness (QED) is 0.450. The van der Waals surface area contributed by atoms with Crippen molar-refractivity contribution in [3.8, 4) is 5.75 Å². The molecule has 36 heavy (non-hydrogen) atoms. The maximum absolute atomic E-state index is 13.1. The molecular formula is C28H30ClN4O3+. The van der Waals surface area contributed by atoms with Crippen molar-refractivity contribution in [2.45, 2.75) is 25.9 Å². The van der Waals surface area contributed by atoms with Gasteiger partial charge in [-0.05, 0) is 86.6 Å². The molecule has 0 aromatic heterocycles. The summed E-state index contributed by atoms with van der Waals surface area (Å²) >= 11 is 5.96. The number of carbonyl (C=O) groups is 2. The lowest BCUT2D eigenvalue weighted by molar-refractivity contribution is -0.596. The largest absolute Gasteiger partial charge is 0.497 e. The lowest BCUT2D eigenvalue weighted by Crippen LogP contribution is -2.42. The van der Waals surface area contributed by atoms with E-state index in [1.54, 1.807) is 36.1 Å². The SMILES string of the molecule is CCN(CC)c1ccc(/C=[N+]2\NC(=O)[C@@H](NC(=O)c3ccc(Cl)cc3)[C@@H]2c2ccc(OC)cc2)cc1. The van der Waals surface area contributed by atoms with Gasteiger partial charge in [-0.15, -0.1) is 10.1 Å². The van der Waals surface area contributed by atoms with Crippen LogP contribution in [0.15, 0.2) is 72.8 Å². The lowest BCUT2D eigenvalue weighted by atomic mass is 9.99. The fourth-order valence-corrected chi connectivity index (χ4v) is 4.45. The van der Waals surface area contributed by atoms with Crippen molar-refractivity contribution in [1.82, 2.24) is 10.7 Å². The van der Waals surface area contributed by atoms with Crippen LogP contribution in [0.4, 0.5) is 5.69 Å². The second-order valence-corrected chi connectivity index (χ2v) is 8.89. The normalized spacial score (nSPS) is 18.1. The summed E-state index contributed by atoms with van der Waals surface area (Å²) in [5.41, 5.74) is 6.26. The van der Waals surface area contributed by atoms with E-state index in [0.717, 1.165) is 29.9 Å². The molecule has 8 heteroatoms. The van der Waals surface area contributed by atoms with Gasteiger partial charge < -0.3 is 15.0 Å². The molecule has 3 aromatic carbocycles. The van der Waals surface area contributed by atoms with Gasteiger partial charge in [0.1, 0.15) is 5.75 Å². The van der Waals surface area contributed by atoms with Crippen molar-refractivity contribution in [1.29, 1.82) is 0 Å². The molecule has 1 aliphatic rings. The second-order valence-electron chi connectivity index (χ2n) is 8.45. The standard InChI is InChI=1S/C28H29ClN4O3/c1-4-32(5-2)23-14-6-19(7-15-23)18-33-26(20-10-16-24(36-3)17-11-20)25(28(35)31-33)30-27(34)21-8-12-22(29)13-9-21/h6-18,25-26H,4-5H2,1-3H3,(H-,30,31,34,35)/p+1/t25-,26-/m0/s1. The lowest BCUT2D eigenvalue weighted by Gasteiger charge is -2.20. The van der Waals surface area contributed by atoms with Gasteiger partial charge in [0.15, 0.2) is 6.04 Å². The Balaban J connectivity index is 1.67. The summed E-state index contributed by atoms with van der Waals surface area (Å²) in [7, 11) is 1.60. The average molecular weight is 506 g/mol. The highest BCUT2D eigenvalue weighted by Crippen LogP contribution is 2.27. The maximum atomic E-state index is 13.1. The van der Waals surface area contributed by atoms with Crippen molar-refractivity contribution in [2.24, 2.45) is 0 Å². The molecule has 0 spiro atoms. The van der Waals surface area contributed by atoms with Crippen LogP contribution in [0.5, 0.6) is 5.75 Å². The first-order valence-corrected chi connectivity index (χ1v) is 12.3. The van der Waals surface area contributed by atoms with Crippen LogP contribution in [0.3, 0.4) is 0 Å². The van der Waals surface area contributed by atoms with E-state index < -0.39 is 12.1 Å². The minimum Gasteiger partial charge on any atom is -0.497 e. The number of hydrazone groups is 1. The molecule has 2 N–H and O–H groups in total. The van der Waals surface area contributed by atoms with Crippen LogP contribution in [-0.2, 0) is 4.79 Å². The minimum absolute atomic E-state index is 0.297. The van der Waals surface area contributed by atoms with Crippen molar-refractivity contribution < 1.29 is 19.0 Å². The number of ether oxygens (including phenoxy) is 1. The van der Waals surface area contributed by atoms with Crippen LogP contribution in [0.25, 0.3) is 0 Å². The summed E-state index contributed by atoms with van der Waals surface area (Å²) in [6.45, 7) is 6.11. The zero-order chi connectivity index (χ0) is 25.7. The number of benzene rings is 3. The van der Waals surface area contributed by atoms with E-state index in [4.69, 9.17) is 16.3 Å². The Labute approximate surface area is 216 Å². The molecule has 1 heterocycles. The molecule has 7 nitrogen and oxygen atoms in total. The summed E-state index contributed by atoms with van der Waals surface area (Å²) in [6.07, 6.45) is 1.88. The van der Waals surface area contributed by atoms with Gasteiger partial charge in [-0.3, -0.25) is 9.59 Å². The number of hydrogen-bond acceptors (Lipinski definition) is 4. The predicted molar refractivity (Wildman–Crippen MR) is 142 cm³/mol. The first-order valence-electron chi connectivity index (χ1n) is 11.9. The third-order valence-corrected chi connectivity index (χ3v) is 6.55. The zero-order valence-electron chi connectivity index (χ0n) is 20.6. The molecule has 1 fully saturated rings. The Hall–Kier alpha value is -3.84. The number of carbonyl (C=O) groups excluding carboxylic acids is 2. The molecule has 2 atom stereocenters. The van der Waals surface area contributed by atoms with Crippen molar-refractivity contribution >= 4 is 35.3 Å². The Morgan fingerprint density at radius 1 is 1.03 bits per heavy atom. The summed E-state index contributed by atoms with van der Waals surface area (Å²) in [6, 6.07) is 20.9. The summed E-state index contributed by atoms with van der Waals surface area (Å²) in [4.78, 5) is 28.3. The van der Waals surface area contributed by atoms with E-state index in [1.165, 1.54) is 0 Å². The molecule has 4 rings (SSSR count). The van der Waals surface area contributed by atoms with Crippen LogP contribution in [0, 0.1) is 0 Å². The van der Waals surface area contributed by atoms with Gasteiger partial charge in [0, 0.05) is 40.5 Å². The van der Waals surface area contributed by atoms with Crippen LogP contribution >= 0.6 is 11.6 Å². The summed E-state index contributed by atoms with van der Waals surface area (Å²) in [5.74, 6) is 0.0604. The topological polar surface area (TPSA) is 73.7 Å². The van der Waals surface area contributed by atoms with E-state index in [-0.39, 0.29) is 11.8 Å². The van der Waals surface area contributed by atoms with E-state index in [0.29, 0.717) is 16.3 Å². The molecule has 186 valence electrons. The number of anilines is 1. The molecule has 0 saturated carbocycles. The highest BCUT2D eigenvalue weighted by atomic mass is 35.5. The molecule has 0 bridgehead atoms. The molecular weight excluding hydrogens is 476 g/mol. The van der Waals surface area contributed by atoms with Gasteiger partial charge in [-0.2, -0.15) is 0 Å². The summed E-state index contributed by atoms with van der Waals surface area (Å²) in [5, 5.41) is 3.44. The number of rotatable bonds is 8. The van der Waals surface area contributed by atoms with Gasteiger partial charge in [0.05, 0.1) is 7.11 Å². The van der Waals surface area contributed by atoms with Crippen molar-refractivity contribution in [3.63, 3.8) is 0 Å². The van der Waals surface area contributed by atoms with Crippen molar-refractivity contribution in [2.75, 3.05) is 25.1 Å².